The van der Waals surface area contributed by atoms with Crippen LogP contribution >= 0.6 is 0 Å². The molecule has 0 spiro atoms. The molecule has 20 heavy (non-hydrogen) atoms. The minimum Gasteiger partial charge on any atom is -0.387 e. The zero-order chi connectivity index (χ0) is 14.2. The van der Waals surface area contributed by atoms with Crippen LogP contribution in [-0.4, -0.2) is 41.1 Å². The maximum atomic E-state index is 11.9. The fraction of sp³-hybridized carbons (Fsp3) is 0.467. The van der Waals surface area contributed by atoms with Crippen molar-refractivity contribution in [3.05, 3.63) is 29.8 Å². The van der Waals surface area contributed by atoms with Crippen LogP contribution in [0.25, 0.3) is 0 Å². The van der Waals surface area contributed by atoms with Gasteiger partial charge < -0.3 is 10.4 Å². The number of nitriles is 1. The molecule has 2 fully saturated rings. The summed E-state index contributed by atoms with van der Waals surface area (Å²) in [4.78, 5) is 13.8. The van der Waals surface area contributed by atoms with Crippen LogP contribution in [0.3, 0.4) is 0 Å². The van der Waals surface area contributed by atoms with Gasteiger partial charge in [0.1, 0.15) is 0 Å². The zero-order valence-electron chi connectivity index (χ0n) is 11.2. The molecule has 0 unspecified atom stereocenters. The van der Waals surface area contributed by atoms with Crippen LogP contribution < -0.4 is 5.32 Å². The van der Waals surface area contributed by atoms with E-state index in [2.05, 4.69) is 5.32 Å². The standard InChI is InChI=1S/C15H17N3O2/c16-7-11-1-5-13(6-2-11)17-14(19)8-18-9-15(20,10-18)12-3-4-12/h1-2,5-6,12,20H,3-4,8-10H2,(H,17,19). The van der Waals surface area contributed by atoms with Gasteiger partial charge in [0.15, 0.2) is 0 Å². The molecule has 1 amide bonds. The topological polar surface area (TPSA) is 76.4 Å². The molecule has 1 heterocycles. The van der Waals surface area contributed by atoms with E-state index in [1.807, 2.05) is 11.0 Å². The number of benzene rings is 1. The second-order valence-electron chi connectivity index (χ2n) is 5.76. The van der Waals surface area contributed by atoms with Crippen LogP contribution in [0.1, 0.15) is 18.4 Å². The van der Waals surface area contributed by atoms with Gasteiger partial charge in [-0.1, -0.05) is 0 Å². The normalized spacial score (nSPS) is 20.8. The van der Waals surface area contributed by atoms with Crippen molar-refractivity contribution in [2.75, 3.05) is 25.0 Å². The SMILES string of the molecule is N#Cc1ccc(NC(=O)CN2CC(O)(C3CC3)C2)cc1. The van der Waals surface area contributed by atoms with E-state index >= 15 is 0 Å². The van der Waals surface area contributed by atoms with Gasteiger partial charge in [0.25, 0.3) is 0 Å². The molecule has 5 heteroatoms. The van der Waals surface area contributed by atoms with Gasteiger partial charge in [0.05, 0.1) is 23.8 Å². The molecule has 2 aliphatic rings. The number of likely N-dealkylation sites (tertiary alicyclic amines) is 1. The van der Waals surface area contributed by atoms with Crippen molar-refractivity contribution in [2.45, 2.75) is 18.4 Å². The number of nitrogens with zero attached hydrogens (tertiary/aromatic N) is 2. The van der Waals surface area contributed by atoms with E-state index in [0.29, 0.717) is 36.8 Å². The molecule has 0 aromatic heterocycles. The molecule has 0 bridgehead atoms. The van der Waals surface area contributed by atoms with Crippen LogP contribution in [0.2, 0.25) is 0 Å². The van der Waals surface area contributed by atoms with E-state index in [9.17, 15) is 9.90 Å². The lowest BCUT2D eigenvalue weighted by Crippen LogP contribution is -2.64. The first-order chi connectivity index (χ1) is 9.59. The number of rotatable bonds is 4. The van der Waals surface area contributed by atoms with Gasteiger partial charge in [-0.25, -0.2) is 0 Å². The summed E-state index contributed by atoms with van der Waals surface area (Å²) in [5.74, 6) is 0.355. The first-order valence-electron chi connectivity index (χ1n) is 6.84. The van der Waals surface area contributed by atoms with Gasteiger partial charge in [-0.15, -0.1) is 0 Å². The molecule has 0 radical (unpaired) electrons. The summed E-state index contributed by atoms with van der Waals surface area (Å²) < 4.78 is 0. The van der Waals surface area contributed by atoms with Crippen LogP contribution in [0.15, 0.2) is 24.3 Å². The van der Waals surface area contributed by atoms with Gasteiger partial charge in [-0.2, -0.15) is 5.26 Å². The minimum atomic E-state index is -0.547. The summed E-state index contributed by atoms with van der Waals surface area (Å²) in [5, 5.41) is 21.7. The van der Waals surface area contributed by atoms with Crippen molar-refractivity contribution in [1.29, 1.82) is 5.26 Å². The van der Waals surface area contributed by atoms with Gasteiger partial charge >= 0.3 is 0 Å². The number of β-amino-alcohol motifs (C(OH)–C–C–N with tert-alkyl or cyclic N) is 1. The quantitative estimate of drug-likeness (QED) is 0.855. The molecule has 5 nitrogen and oxygen atoms in total. The Bertz CT molecular complexity index is 551. The number of amides is 1. The minimum absolute atomic E-state index is 0.0902. The van der Waals surface area contributed by atoms with Crippen LogP contribution in [0.4, 0.5) is 5.69 Å². The van der Waals surface area contributed by atoms with Gasteiger partial charge in [0, 0.05) is 18.8 Å². The predicted octanol–water partition coefficient (Wildman–Crippen LogP) is 0.953. The number of aliphatic hydroxyl groups is 1. The zero-order valence-corrected chi connectivity index (χ0v) is 11.2. The summed E-state index contributed by atoms with van der Waals surface area (Å²) in [5.41, 5.74) is 0.710. The molecule has 1 saturated carbocycles. The Morgan fingerprint density at radius 1 is 1.40 bits per heavy atom. The van der Waals surface area contributed by atoms with Crippen molar-refractivity contribution < 1.29 is 9.90 Å². The Balaban J connectivity index is 1.47. The van der Waals surface area contributed by atoms with E-state index in [1.54, 1.807) is 24.3 Å². The maximum Gasteiger partial charge on any atom is 0.238 e. The van der Waals surface area contributed by atoms with Crippen LogP contribution in [0.5, 0.6) is 0 Å². The van der Waals surface area contributed by atoms with Crippen LogP contribution in [-0.2, 0) is 4.79 Å². The Kier molecular flexibility index (Phi) is 3.20. The van der Waals surface area contributed by atoms with Crippen molar-refractivity contribution >= 4 is 11.6 Å². The summed E-state index contributed by atoms with van der Waals surface area (Å²) >= 11 is 0. The first kappa shape index (κ1) is 13.1. The summed E-state index contributed by atoms with van der Waals surface area (Å²) in [6.45, 7) is 1.49. The van der Waals surface area contributed by atoms with E-state index in [0.717, 1.165) is 12.8 Å². The third-order valence-corrected chi connectivity index (χ3v) is 4.00. The maximum absolute atomic E-state index is 11.9. The fourth-order valence-corrected chi connectivity index (χ4v) is 2.75. The predicted molar refractivity (Wildman–Crippen MR) is 73.9 cm³/mol. The smallest absolute Gasteiger partial charge is 0.238 e. The van der Waals surface area contributed by atoms with E-state index in [4.69, 9.17) is 5.26 Å². The highest BCUT2D eigenvalue weighted by molar-refractivity contribution is 5.92. The Labute approximate surface area is 117 Å². The number of carbonyl (C=O) groups is 1. The van der Waals surface area contributed by atoms with Gasteiger partial charge in [-0.05, 0) is 43.0 Å². The number of anilines is 1. The van der Waals surface area contributed by atoms with Gasteiger partial charge in [0.2, 0.25) is 5.91 Å². The molecule has 0 atom stereocenters. The van der Waals surface area contributed by atoms with Crippen LogP contribution in [0, 0.1) is 17.2 Å². The molecule has 104 valence electrons. The van der Waals surface area contributed by atoms with Gasteiger partial charge in [-0.3, -0.25) is 9.69 Å². The highest BCUT2D eigenvalue weighted by Gasteiger charge is 2.51. The lowest BCUT2D eigenvalue weighted by atomic mass is 9.89. The highest BCUT2D eigenvalue weighted by Crippen LogP contribution is 2.44. The monoisotopic (exact) mass is 271 g/mol. The molecule has 1 aliphatic heterocycles. The second-order valence-corrected chi connectivity index (χ2v) is 5.76. The van der Waals surface area contributed by atoms with E-state index in [1.165, 1.54) is 0 Å². The number of nitrogens with one attached hydrogen (secondary N) is 1. The first-order valence-corrected chi connectivity index (χ1v) is 6.84. The molecule has 1 aromatic rings. The third-order valence-electron chi connectivity index (χ3n) is 4.00. The Morgan fingerprint density at radius 2 is 2.05 bits per heavy atom. The van der Waals surface area contributed by atoms with Crippen molar-refractivity contribution in [2.24, 2.45) is 5.92 Å². The molecular weight excluding hydrogens is 254 g/mol. The van der Waals surface area contributed by atoms with Crippen molar-refractivity contribution in [3.63, 3.8) is 0 Å². The largest absolute Gasteiger partial charge is 0.387 e. The molecular formula is C15H17N3O2. The summed E-state index contributed by atoms with van der Waals surface area (Å²) in [7, 11) is 0. The molecule has 1 aliphatic carbocycles. The van der Waals surface area contributed by atoms with E-state index < -0.39 is 5.60 Å². The number of carbonyl (C=O) groups excluding carboxylic acids is 1. The molecule has 3 rings (SSSR count). The highest BCUT2D eigenvalue weighted by atomic mass is 16.3. The Hall–Kier alpha value is -1.90. The molecule has 1 saturated heterocycles. The lowest BCUT2D eigenvalue weighted by Gasteiger charge is -2.46. The summed E-state index contributed by atoms with van der Waals surface area (Å²) in [6, 6.07) is 8.81. The Morgan fingerprint density at radius 3 is 2.60 bits per heavy atom. The fourth-order valence-electron chi connectivity index (χ4n) is 2.75. The van der Waals surface area contributed by atoms with Crippen molar-refractivity contribution in [1.82, 2.24) is 4.90 Å². The lowest BCUT2D eigenvalue weighted by molar-refractivity contribution is -0.132. The summed E-state index contributed by atoms with van der Waals surface area (Å²) in [6.07, 6.45) is 2.23. The average molecular weight is 271 g/mol. The third kappa shape index (κ3) is 2.67. The van der Waals surface area contributed by atoms with Crippen molar-refractivity contribution in [3.8, 4) is 6.07 Å². The number of hydrogen-bond donors (Lipinski definition) is 2. The average Bonchev–Trinajstić information content (AvgIpc) is 3.22. The molecule has 2 N–H and O–H groups in total. The van der Waals surface area contributed by atoms with E-state index in [-0.39, 0.29) is 5.91 Å². The second kappa shape index (κ2) is 4.89. The molecule has 1 aromatic carbocycles. The number of hydrogen-bond acceptors (Lipinski definition) is 4.